The first-order valence-corrected chi connectivity index (χ1v) is 8.33. The van der Waals surface area contributed by atoms with E-state index in [1.165, 1.54) is 24.5 Å². The van der Waals surface area contributed by atoms with E-state index in [1.54, 1.807) is 12.1 Å². The summed E-state index contributed by atoms with van der Waals surface area (Å²) < 4.78 is 40.3. The molecular formula is C15H11BrClF3N6. The first-order chi connectivity index (χ1) is 12.3. The molecule has 3 N–H and O–H groups in total. The molecular weight excluding hydrogens is 437 g/mol. The normalized spacial score (nSPS) is 11.6. The van der Waals surface area contributed by atoms with E-state index in [0.717, 1.165) is 4.90 Å². The number of nitrogens with two attached hydrogens (primary N) is 1. The molecule has 11 heteroatoms. The number of nitrogens with zero attached hydrogens (tertiary/aromatic N) is 4. The molecule has 0 aliphatic heterocycles. The summed E-state index contributed by atoms with van der Waals surface area (Å²) in [5.41, 5.74) is 2.82. The molecule has 3 rings (SSSR count). The Kier molecular flexibility index (Phi) is 5.17. The summed E-state index contributed by atoms with van der Waals surface area (Å²) in [6.45, 7) is -1.27. The lowest BCUT2D eigenvalue weighted by atomic mass is 10.2. The number of rotatable bonds is 4. The smallest absolute Gasteiger partial charge is 0.315 e. The van der Waals surface area contributed by atoms with E-state index in [9.17, 15) is 13.2 Å². The fourth-order valence-electron chi connectivity index (χ4n) is 2.37. The average molecular weight is 448 g/mol. The van der Waals surface area contributed by atoms with Crippen LogP contribution in [-0.2, 0) is 0 Å². The van der Waals surface area contributed by atoms with Crippen LogP contribution in [0.3, 0.4) is 0 Å². The van der Waals surface area contributed by atoms with E-state index in [1.807, 2.05) is 0 Å². The van der Waals surface area contributed by atoms with Gasteiger partial charge in [-0.25, -0.2) is 10.8 Å². The van der Waals surface area contributed by atoms with Crippen LogP contribution in [-0.4, -0.2) is 27.7 Å². The number of nitrogen functional groups attached to an aromatic ring is 1. The van der Waals surface area contributed by atoms with Crippen LogP contribution >= 0.6 is 27.5 Å². The van der Waals surface area contributed by atoms with Crippen molar-refractivity contribution in [3.05, 3.63) is 46.2 Å². The van der Waals surface area contributed by atoms with Gasteiger partial charge in [-0.3, -0.25) is 10.4 Å². The number of fused-ring (bicyclic) bond motifs is 1. The molecule has 0 spiro atoms. The van der Waals surface area contributed by atoms with Crippen molar-refractivity contribution in [2.24, 2.45) is 5.84 Å². The molecule has 2 aromatic heterocycles. The second-order valence-corrected chi connectivity index (χ2v) is 6.59. The SMILES string of the molecule is NNc1nc(N(CC(F)(F)F)c2cncc(Br)c2)c2ccc(Cl)cc2n1. The van der Waals surface area contributed by atoms with E-state index in [-0.39, 0.29) is 17.5 Å². The molecule has 0 atom stereocenters. The largest absolute Gasteiger partial charge is 0.406 e. The van der Waals surface area contributed by atoms with Crippen molar-refractivity contribution in [1.29, 1.82) is 0 Å². The Labute approximate surface area is 159 Å². The second-order valence-electron chi connectivity index (χ2n) is 5.24. The molecule has 0 aliphatic rings. The van der Waals surface area contributed by atoms with Crippen LogP contribution in [0.2, 0.25) is 5.02 Å². The fraction of sp³-hybridized carbons (Fsp3) is 0.133. The van der Waals surface area contributed by atoms with Gasteiger partial charge in [-0.15, -0.1) is 0 Å². The molecule has 26 heavy (non-hydrogen) atoms. The first-order valence-electron chi connectivity index (χ1n) is 7.15. The molecule has 0 saturated heterocycles. The minimum absolute atomic E-state index is 0.0249. The van der Waals surface area contributed by atoms with Crippen molar-refractivity contribution in [1.82, 2.24) is 15.0 Å². The molecule has 6 nitrogen and oxygen atoms in total. The number of halogens is 5. The summed E-state index contributed by atoms with van der Waals surface area (Å²) in [4.78, 5) is 13.2. The zero-order chi connectivity index (χ0) is 18.9. The summed E-state index contributed by atoms with van der Waals surface area (Å²) in [6.07, 6.45) is -1.70. The standard InChI is InChI=1S/C15H11BrClF3N6/c16-8-3-10(6-22-5-8)26(7-15(18,19)20)13-11-2-1-9(17)4-12(11)23-14(24-13)25-21/h1-6H,7,21H2,(H,23,24,25). The van der Waals surface area contributed by atoms with Gasteiger partial charge in [-0.05, 0) is 40.2 Å². The molecule has 2 heterocycles. The van der Waals surface area contributed by atoms with Crippen molar-refractivity contribution in [3.8, 4) is 0 Å². The number of hydrogen-bond acceptors (Lipinski definition) is 6. The number of anilines is 3. The predicted molar refractivity (Wildman–Crippen MR) is 97.4 cm³/mol. The molecule has 1 aromatic carbocycles. The van der Waals surface area contributed by atoms with Crippen molar-refractivity contribution in [2.75, 3.05) is 16.9 Å². The van der Waals surface area contributed by atoms with Gasteiger partial charge in [0.2, 0.25) is 5.95 Å². The lowest BCUT2D eigenvalue weighted by Gasteiger charge is -2.26. The van der Waals surface area contributed by atoms with Crippen molar-refractivity contribution < 1.29 is 13.2 Å². The van der Waals surface area contributed by atoms with Crippen LogP contribution in [0.15, 0.2) is 41.1 Å². The molecule has 0 unspecified atom stereocenters. The minimum Gasteiger partial charge on any atom is -0.315 e. The highest BCUT2D eigenvalue weighted by Gasteiger charge is 2.33. The summed E-state index contributed by atoms with van der Waals surface area (Å²) in [6, 6.07) is 6.14. The fourth-order valence-corrected chi connectivity index (χ4v) is 2.89. The van der Waals surface area contributed by atoms with Gasteiger partial charge in [-0.2, -0.15) is 18.2 Å². The van der Waals surface area contributed by atoms with Gasteiger partial charge in [0.15, 0.2) is 0 Å². The zero-order valence-corrected chi connectivity index (χ0v) is 15.3. The van der Waals surface area contributed by atoms with Gasteiger partial charge >= 0.3 is 6.18 Å². The van der Waals surface area contributed by atoms with Gasteiger partial charge in [0.25, 0.3) is 0 Å². The van der Waals surface area contributed by atoms with E-state index in [2.05, 4.69) is 36.3 Å². The number of alkyl halides is 3. The number of hydrogen-bond donors (Lipinski definition) is 2. The van der Waals surface area contributed by atoms with Crippen LogP contribution in [0.5, 0.6) is 0 Å². The second kappa shape index (κ2) is 7.22. The molecule has 0 radical (unpaired) electrons. The Morgan fingerprint density at radius 3 is 2.62 bits per heavy atom. The van der Waals surface area contributed by atoms with E-state index < -0.39 is 12.7 Å². The molecule has 0 aliphatic carbocycles. The zero-order valence-electron chi connectivity index (χ0n) is 12.9. The third kappa shape index (κ3) is 4.14. The van der Waals surface area contributed by atoms with E-state index >= 15 is 0 Å². The summed E-state index contributed by atoms with van der Waals surface area (Å²) in [5.74, 6) is 5.36. The Morgan fingerprint density at radius 1 is 1.19 bits per heavy atom. The van der Waals surface area contributed by atoms with Gasteiger partial charge < -0.3 is 4.90 Å². The first kappa shape index (κ1) is 18.6. The topological polar surface area (TPSA) is 80.0 Å². The molecule has 0 bridgehead atoms. The monoisotopic (exact) mass is 446 g/mol. The maximum absolute atomic E-state index is 13.2. The van der Waals surface area contributed by atoms with Crippen LogP contribution in [0, 0.1) is 0 Å². The number of aromatic nitrogens is 3. The Bertz CT molecular complexity index is 952. The van der Waals surface area contributed by atoms with Crippen LogP contribution < -0.4 is 16.2 Å². The summed E-state index contributed by atoms with van der Waals surface area (Å²) in [7, 11) is 0. The average Bonchev–Trinajstić information content (AvgIpc) is 2.57. The quantitative estimate of drug-likeness (QED) is 0.455. The predicted octanol–water partition coefficient (Wildman–Crippen LogP) is 4.43. The Balaban J connectivity index is 2.26. The Morgan fingerprint density at radius 2 is 1.96 bits per heavy atom. The molecule has 3 aromatic rings. The third-order valence-corrected chi connectivity index (χ3v) is 4.03. The van der Waals surface area contributed by atoms with Gasteiger partial charge in [-0.1, -0.05) is 11.6 Å². The Hall–Kier alpha value is -2.17. The van der Waals surface area contributed by atoms with Crippen LogP contribution in [0.25, 0.3) is 10.9 Å². The van der Waals surface area contributed by atoms with Gasteiger partial charge in [0.1, 0.15) is 12.4 Å². The van der Waals surface area contributed by atoms with Crippen LogP contribution in [0.4, 0.5) is 30.6 Å². The number of nitrogens with one attached hydrogen (secondary N) is 1. The number of hydrazine groups is 1. The van der Waals surface area contributed by atoms with E-state index in [0.29, 0.717) is 20.4 Å². The van der Waals surface area contributed by atoms with Gasteiger partial charge in [0.05, 0.1) is 17.4 Å². The summed E-state index contributed by atoms with van der Waals surface area (Å²) >= 11 is 9.19. The highest BCUT2D eigenvalue weighted by Crippen LogP contribution is 2.35. The number of pyridine rings is 1. The molecule has 0 amide bonds. The van der Waals surface area contributed by atoms with E-state index in [4.69, 9.17) is 17.4 Å². The molecule has 0 fully saturated rings. The molecule has 136 valence electrons. The third-order valence-electron chi connectivity index (χ3n) is 3.36. The maximum Gasteiger partial charge on any atom is 0.406 e. The van der Waals surface area contributed by atoms with Crippen molar-refractivity contribution in [3.63, 3.8) is 0 Å². The minimum atomic E-state index is -4.48. The highest BCUT2D eigenvalue weighted by molar-refractivity contribution is 9.10. The van der Waals surface area contributed by atoms with Crippen molar-refractivity contribution in [2.45, 2.75) is 6.18 Å². The maximum atomic E-state index is 13.2. The van der Waals surface area contributed by atoms with Gasteiger partial charge in [0, 0.05) is 21.1 Å². The number of benzene rings is 1. The van der Waals surface area contributed by atoms with Crippen LogP contribution in [0.1, 0.15) is 0 Å². The lowest BCUT2D eigenvalue weighted by Crippen LogP contribution is -2.31. The molecule has 0 saturated carbocycles. The lowest BCUT2D eigenvalue weighted by molar-refractivity contribution is -0.118. The van der Waals surface area contributed by atoms with Crippen molar-refractivity contribution >= 4 is 55.9 Å². The highest BCUT2D eigenvalue weighted by atomic mass is 79.9. The summed E-state index contributed by atoms with van der Waals surface area (Å²) in [5, 5.41) is 0.772.